The minimum atomic E-state index is -4.48. The smallest absolute Gasteiger partial charge is 0.412 e. The molecule has 3 rings (SSSR count). The van der Waals surface area contributed by atoms with Crippen LogP contribution in [0.4, 0.5) is 28.0 Å². The van der Waals surface area contributed by atoms with E-state index in [-0.39, 0.29) is 20.3 Å². The molecule has 0 spiro atoms. The second-order valence-corrected chi connectivity index (χ2v) is 7.13. The average molecular weight is 486 g/mol. The maximum Gasteiger partial charge on any atom is 0.412 e. The zero-order valence-corrected chi connectivity index (χ0v) is 15.6. The number of carboxylic acid groups (broad SMARTS) is 1. The molecule has 1 aromatic heterocycles. The Morgan fingerprint density at radius 1 is 1.31 bits per heavy atom. The van der Waals surface area contributed by atoms with Gasteiger partial charge in [-0.3, -0.25) is 4.90 Å². The van der Waals surface area contributed by atoms with Crippen LogP contribution in [0.15, 0.2) is 18.2 Å². The normalized spacial score (nSPS) is 16.2. The van der Waals surface area contributed by atoms with Gasteiger partial charge in [0.2, 0.25) is 0 Å². The van der Waals surface area contributed by atoms with E-state index in [2.05, 4.69) is 0 Å². The van der Waals surface area contributed by atoms with E-state index in [9.17, 15) is 27.5 Å². The summed E-state index contributed by atoms with van der Waals surface area (Å²) < 4.78 is 59.2. The molecule has 0 bridgehead atoms. The van der Waals surface area contributed by atoms with Crippen LogP contribution in [0.3, 0.4) is 0 Å². The second kappa shape index (κ2) is 7.22. The molecule has 2 aromatic rings. The number of anilines is 1. The van der Waals surface area contributed by atoms with Gasteiger partial charge in [0.1, 0.15) is 12.4 Å². The molecule has 26 heavy (non-hydrogen) atoms. The number of aromatic nitrogens is 1. The van der Waals surface area contributed by atoms with Crippen LogP contribution >= 0.6 is 22.6 Å². The van der Waals surface area contributed by atoms with Gasteiger partial charge in [-0.25, -0.2) is 9.18 Å². The number of benzene rings is 1. The fraction of sp³-hybridized carbons (Fsp3) is 0.438. The zero-order chi connectivity index (χ0) is 19.1. The number of carbonyl (C=O) groups is 1. The van der Waals surface area contributed by atoms with Crippen LogP contribution in [0, 0.1) is 9.52 Å². The van der Waals surface area contributed by atoms with E-state index in [1.54, 1.807) is 22.6 Å². The van der Waals surface area contributed by atoms with Crippen LogP contribution in [0.5, 0.6) is 0 Å². The summed E-state index contributed by atoms with van der Waals surface area (Å²) in [5.41, 5.74) is 0.0678. The summed E-state index contributed by atoms with van der Waals surface area (Å²) in [5.74, 6) is -0.788. The van der Waals surface area contributed by atoms with Crippen molar-refractivity contribution in [1.82, 2.24) is 4.57 Å². The summed E-state index contributed by atoms with van der Waals surface area (Å²) in [6.45, 7) is -0.527. The first-order valence-corrected chi connectivity index (χ1v) is 8.90. The summed E-state index contributed by atoms with van der Waals surface area (Å²) in [5, 5.41) is 9.94. The van der Waals surface area contributed by atoms with Crippen LogP contribution in [0.25, 0.3) is 10.9 Å². The van der Waals surface area contributed by atoms with Crippen molar-refractivity contribution in [3.8, 4) is 0 Å². The van der Waals surface area contributed by atoms with Crippen LogP contribution in [-0.4, -0.2) is 41.2 Å². The Labute approximate surface area is 159 Å². The maximum absolute atomic E-state index is 14.2. The second-order valence-electron chi connectivity index (χ2n) is 6.02. The largest absolute Gasteiger partial charge is 0.465 e. The van der Waals surface area contributed by atoms with Crippen molar-refractivity contribution in [2.45, 2.75) is 31.6 Å². The molecule has 2 heterocycles. The molecule has 1 saturated heterocycles. The van der Waals surface area contributed by atoms with Gasteiger partial charge in [-0.15, -0.1) is 0 Å². The molecule has 10 heteroatoms. The summed E-state index contributed by atoms with van der Waals surface area (Å²) in [4.78, 5) is 12.9. The highest BCUT2D eigenvalue weighted by Crippen LogP contribution is 2.35. The summed E-state index contributed by atoms with van der Waals surface area (Å²) >= 11 is 1.73. The highest BCUT2D eigenvalue weighted by Gasteiger charge is 2.32. The number of hydrogen-bond acceptors (Lipinski definition) is 2. The van der Waals surface area contributed by atoms with Gasteiger partial charge in [-0.1, -0.05) is 0 Å². The van der Waals surface area contributed by atoms with Crippen LogP contribution in [0.2, 0.25) is 0 Å². The molecule has 0 radical (unpaired) electrons. The first-order chi connectivity index (χ1) is 12.2. The Balaban J connectivity index is 2.15. The Morgan fingerprint density at radius 2 is 1.96 bits per heavy atom. The molecule has 1 aliphatic rings. The molecule has 1 fully saturated rings. The number of rotatable bonds is 3. The molecule has 1 aromatic carbocycles. The quantitative estimate of drug-likeness (QED) is 0.510. The third kappa shape index (κ3) is 3.90. The van der Waals surface area contributed by atoms with Crippen molar-refractivity contribution < 1.29 is 32.2 Å². The fourth-order valence-corrected chi connectivity index (χ4v) is 3.95. The molecule has 1 amide bonds. The number of alkyl halides is 3. The van der Waals surface area contributed by atoms with Gasteiger partial charge in [-0.2, -0.15) is 13.2 Å². The zero-order valence-electron chi connectivity index (χ0n) is 13.4. The third-order valence-electron chi connectivity index (χ3n) is 4.27. The monoisotopic (exact) mass is 486 g/mol. The molecule has 1 aliphatic heterocycles. The van der Waals surface area contributed by atoms with E-state index in [1.165, 1.54) is 6.07 Å². The Bertz CT molecular complexity index is 831. The molecule has 0 aliphatic carbocycles. The van der Waals surface area contributed by atoms with Crippen LogP contribution in [-0.2, 0) is 11.3 Å². The minimum absolute atomic E-state index is 0.0139. The van der Waals surface area contributed by atoms with E-state index in [0.717, 1.165) is 21.6 Å². The van der Waals surface area contributed by atoms with Crippen molar-refractivity contribution >= 4 is 45.3 Å². The van der Waals surface area contributed by atoms with Crippen molar-refractivity contribution in [3.63, 3.8) is 0 Å². The molecular formula is C16H15F4IN2O3. The standard InChI is InChI=1S/C16H15F4IN2O3/c17-9-5-12-11(7-14(21)22(12)8-16(18,19)20)13(6-9)23(15(24)25)10-1-3-26-4-2-10/h5-7,10H,1-4,8H2,(H,24,25). The predicted octanol–water partition coefficient (Wildman–Crippen LogP) is 4.61. The number of halogens is 5. The predicted molar refractivity (Wildman–Crippen MR) is 95.0 cm³/mol. The Hall–Kier alpha value is -1.56. The molecule has 142 valence electrons. The summed E-state index contributed by atoms with van der Waals surface area (Å²) in [6.07, 6.45) is -4.89. The van der Waals surface area contributed by atoms with Gasteiger partial charge in [-0.05, 0) is 53.6 Å². The molecular weight excluding hydrogens is 471 g/mol. The van der Waals surface area contributed by atoms with Crippen molar-refractivity contribution in [2.75, 3.05) is 18.1 Å². The number of ether oxygens (including phenoxy) is 1. The molecule has 0 saturated carbocycles. The Morgan fingerprint density at radius 3 is 2.54 bits per heavy atom. The lowest BCUT2D eigenvalue weighted by molar-refractivity contribution is -0.140. The third-order valence-corrected chi connectivity index (χ3v) is 5.17. The van der Waals surface area contributed by atoms with Gasteiger partial charge in [0.25, 0.3) is 0 Å². The minimum Gasteiger partial charge on any atom is -0.465 e. The van der Waals surface area contributed by atoms with E-state index in [0.29, 0.717) is 26.1 Å². The van der Waals surface area contributed by atoms with Gasteiger partial charge < -0.3 is 14.4 Å². The van der Waals surface area contributed by atoms with Gasteiger partial charge in [0, 0.05) is 24.6 Å². The number of hydrogen-bond donors (Lipinski definition) is 1. The topological polar surface area (TPSA) is 54.7 Å². The lowest BCUT2D eigenvalue weighted by atomic mass is 10.1. The average Bonchev–Trinajstić information content (AvgIpc) is 2.83. The van der Waals surface area contributed by atoms with Gasteiger partial charge in [0.05, 0.1) is 14.9 Å². The van der Waals surface area contributed by atoms with Crippen LogP contribution in [0.1, 0.15) is 12.8 Å². The number of nitrogens with zero attached hydrogens (tertiary/aromatic N) is 2. The van der Waals surface area contributed by atoms with E-state index < -0.39 is 30.7 Å². The molecule has 1 N–H and O–H groups in total. The van der Waals surface area contributed by atoms with Gasteiger partial charge in [0.15, 0.2) is 0 Å². The molecule has 0 unspecified atom stereocenters. The van der Waals surface area contributed by atoms with E-state index in [4.69, 9.17) is 4.74 Å². The molecule has 0 atom stereocenters. The Kier molecular flexibility index (Phi) is 5.33. The maximum atomic E-state index is 14.2. The number of amides is 1. The van der Waals surface area contributed by atoms with E-state index >= 15 is 0 Å². The summed E-state index contributed by atoms with van der Waals surface area (Å²) in [7, 11) is 0. The lowest BCUT2D eigenvalue weighted by Crippen LogP contribution is -2.43. The van der Waals surface area contributed by atoms with E-state index in [1.807, 2.05) is 0 Å². The highest BCUT2D eigenvalue weighted by molar-refractivity contribution is 14.1. The van der Waals surface area contributed by atoms with Crippen molar-refractivity contribution in [1.29, 1.82) is 0 Å². The summed E-state index contributed by atoms with van der Waals surface area (Å²) in [6, 6.07) is 3.08. The number of fused-ring (bicyclic) bond motifs is 1. The molecule has 5 nitrogen and oxygen atoms in total. The first-order valence-electron chi connectivity index (χ1n) is 7.82. The van der Waals surface area contributed by atoms with Crippen LogP contribution < -0.4 is 4.90 Å². The highest BCUT2D eigenvalue weighted by atomic mass is 127. The van der Waals surface area contributed by atoms with Gasteiger partial charge >= 0.3 is 12.3 Å². The lowest BCUT2D eigenvalue weighted by Gasteiger charge is -2.32. The fourth-order valence-electron chi connectivity index (χ4n) is 3.21. The SMILES string of the molecule is O=C(O)N(c1cc(F)cc2c1cc(I)n2CC(F)(F)F)C1CCOCC1. The first kappa shape index (κ1) is 19.2. The van der Waals surface area contributed by atoms with Crippen molar-refractivity contribution in [3.05, 3.63) is 27.7 Å². The van der Waals surface area contributed by atoms with Crippen molar-refractivity contribution in [2.24, 2.45) is 0 Å².